The molecule has 0 saturated carbocycles. The number of ether oxygens (including phenoxy) is 5. The van der Waals surface area contributed by atoms with Crippen molar-refractivity contribution in [3.63, 3.8) is 0 Å². The number of carbonyl (C=O) groups is 2. The third-order valence-electron chi connectivity index (χ3n) is 7.13. The maximum atomic E-state index is 12.6. The number of hydrogen-bond donors (Lipinski definition) is 7. The van der Waals surface area contributed by atoms with Gasteiger partial charge < -0.3 is 55.4 Å². The van der Waals surface area contributed by atoms with E-state index in [1.807, 2.05) is 18.2 Å². The first-order valence-corrected chi connectivity index (χ1v) is 17.0. The van der Waals surface area contributed by atoms with Crippen molar-refractivity contribution < 1.29 is 38.4 Å². The SMILES string of the molecule is COCCOCCOCCNC(=O)c1ccc(NC2N=C(Nc3ccc(O)cc3)NC(=NCCOCCOCCNC(=O)c3ccccc3)N2)cc1. The average Bonchev–Trinajstić information content (AvgIpc) is 3.16. The number of carbonyl (C=O) groups excluding carboxylic acids is 2. The Morgan fingerprint density at radius 2 is 1.27 bits per heavy atom. The average molecular weight is 721 g/mol. The number of amides is 2. The van der Waals surface area contributed by atoms with Crippen LogP contribution in [0.3, 0.4) is 0 Å². The zero-order valence-corrected chi connectivity index (χ0v) is 29.3. The van der Waals surface area contributed by atoms with Gasteiger partial charge in [0.15, 0.2) is 6.29 Å². The fraction of sp³-hybridized carbons (Fsp3) is 0.389. The van der Waals surface area contributed by atoms with Crippen molar-refractivity contribution in [1.82, 2.24) is 21.3 Å². The molecule has 52 heavy (non-hydrogen) atoms. The molecule has 3 aromatic rings. The van der Waals surface area contributed by atoms with E-state index in [9.17, 15) is 14.7 Å². The summed E-state index contributed by atoms with van der Waals surface area (Å²) in [6.45, 7) is 4.97. The number of guanidine groups is 2. The molecule has 0 spiro atoms. The van der Waals surface area contributed by atoms with E-state index in [4.69, 9.17) is 23.7 Å². The lowest BCUT2D eigenvalue weighted by Crippen LogP contribution is -2.55. The number of nitrogens with zero attached hydrogens (tertiary/aromatic N) is 2. The van der Waals surface area contributed by atoms with Crippen LogP contribution in [0, 0.1) is 0 Å². The van der Waals surface area contributed by atoms with Crippen LogP contribution in [0.5, 0.6) is 5.75 Å². The molecule has 0 radical (unpaired) electrons. The molecular weight excluding hydrogens is 672 g/mol. The Labute approximate surface area is 303 Å². The van der Waals surface area contributed by atoms with Gasteiger partial charge in [-0.15, -0.1) is 0 Å². The molecule has 16 heteroatoms. The fourth-order valence-corrected chi connectivity index (χ4v) is 4.52. The summed E-state index contributed by atoms with van der Waals surface area (Å²) >= 11 is 0. The van der Waals surface area contributed by atoms with Crippen LogP contribution in [0.15, 0.2) is 88.8 Å². The smallest absolute Gasteiger partial charge is 0.251 e. The van der Waals surface area contributed by atoms with Gasteiger partial charge in [-0.3, -0.25) is 19.9 Å². The summed E-state index contributed by atoms with van der Waals surface area (Å²) in [5.74, 6) is 0.691. The molecule has 0 aliphatic carbocycles. The van der Waals surface area contributed by atoms with Gasteiger partial charge in [0.2, 0.25) is 11.9 Å². The highest BCUT2D eigenvalue weighted by molar-refractivity contribution is 6.07. The maximum absolute atomic E-state index is 12.6. The number of methoxy groups -OCH3 is 1. The highest BCUT2D eigenvalue weighted by Gasteiger charge is 2.19. The predicted octanol–water partition coefficient (Wildman–Crippen LogP) is 1.98. The van der Waals surface area contributed by atoms with E-state index < -0.39 is 6.29 Å². The molecule has 16 nitrogen and oxygen atoms in total. The number of rotatable bonds is 23. The van der Waals surface area contributed by atoms with Gasteiger partial charge in [0.05, 0.1) is 66.0 Å². The number of aliphatic imine (C=N–C) groups is 2. The molecule has 3 aromatic carbocycles. The summed E-state index contributed by atoms with van der Waals surface area (Å²) in [7, 11) is 1.62. The van der Waals surface area contributed by atoms with Gasteiger partial charge in [0.25, 0.3) is 11.8 Å². The second kappa shape index (κ2) is 23.3. The fourth-order valence-electron chi connectivity index (χ4n) is 4.52. The molecule has 1 aliphatic rings. The molecule has 0 bridgehead atoms. The number of phenols is 1. The van der Waals surface area contributed by atoms with Crippen molar-refractivity contribution in [2.45, 2.75) is 6.29 Å². The minimum atomic E-state index is -0.605. The summed E-state index contributed by atoms with van der Waals surface area (Å²) in [5.41, 5.74) is 2.55. The molecule has 0 saturated heterocycles. The van der Waals surface area contributed by atoms with Crippen molar-refractivity contribution in [2.24, 2.45) is 9.98 Å². The highest BCUT2D eigenvalue weighted by Crippen LogP contribution is 2.15. The van der Waals surface area contributed by atoms with Gasteiger partial charge in [-0.1, -0.05) is 18.2 Å². The van der Waals surface area contributed by atoms with E-state index in [0.717, 1.165) is 5.69 Å². The molecule has 2 amide bonds. The van der Waals surface area contributed by atoms with E-state index in [0.29, 0.717) is 108 Å². The van der Waals surface area contributed by atoms with E-state index in [2.05, 4.69) is 41.9 Å². The molecule has 1 atom stereocenters. The van der Waals surface area contributed by atoms with Crippen LogP contribution in [0.25, 0.3) is 0 Å². The Bertz CT molecular complexity index is 1540. The van der Waals surface area contributed by atoms with Gasteiger partial charge in [-0.25, -0.2) is 4.99 Å². The standard InChI is InChI=1S/C36H48N8O8/c1-48-21-22-52-26-25-50-19-16-38-33(47)28-7-9-29(10-8-28)40-35-42-34(43-36(44-35)41-30-11-13-31(45)14-12-30)39-17-20-51-24-23-49-18-15-37-32(46)27-5-3-2-4-6-27/h2-14,35,40,45H,15-26H2,1H3,(H,37,46)(H,38,47)(H3,39,41,42,43,44). The van der Waals surface area contributed by atoms with Crippen LogP contribution in [0.2, 0.25) is 0 Å². The lowest BCUT2D eigenvalue weighted by molar-refractivity contribution is 0.0255. The third-order valence-corrected chi connectivity index (χ3v) is 7.13. The quantitative estimate of drug-likeness (QED) is 0.0557. The van der Waals surface area contributed by atoms with E-state index in [-0.39, 0.29) is 17.6 Å². The molecule has 1 aliphatic heterocycles. The number of nitrogens with one attached hydrogen (secondary N) is 6. The van der Waals surface area contributed by atoms with Crippen molar-refractivity contribution in [2.75, 3.05) is 96.8 Å². The Balaban J connectivity index is 1.18. The minimum absolute atomic E-state index is 0.138. The first-order valence-electron chi connectivity index (χ1n) is 17.0. The number of hydrogen-bond acceptors (Lipinski definition) is 12. The third kappa shape index (κ3) is 15.3. The van der Waals surface area contributed by atoms with E-state index in [1.54, 1.807) is 67.8 Å². The Morgan fingerprint density at radius 3 is 1.90 bits per heavy atom. The molecule has 0 fully saturated rings. The second-order valence-corrected chi connectivity index (χ2v) is 11.1. The zero-order chi connectivity index (χ0) is 36.6. The van der Waals surface area contributed by atoms with Crippen molar-refractivity contribution >= 4 is 35.1 Å². The Kier molecular flexibility index (Phi) is 17.7. The van der Waals surface area contributed by atoms with Gasteiger partial charge >= 0.3 is 0 Å². The summed E-state index contributed by atoms with van der Waals surface area (Å²) in [6, 6.07) is 22.6. The van der Waals surface area contributed by atoms with Crippen LogP contribution in [0.4, 0.5) is 11.4 Å². The molecule has 4 rings (SSSR count). The Hall–Kier alpha value is -5.26. The maximum Gasteiger partial charge on any atom is 0.251 e. The van der Waals surface area contributed by atoms with Gasteiger partial charge in [0.1, 0.15) is 5.75 Å². The molecule has 0 aromatic heterocycles. The van der Waals surface area contributed by atoms with Crippen molar-refractivity contribution in [1.29, 1.82) is 0 Å². The Morgan fingerprint density at radius 1 is 0.712 bits per heavy atom. The van der Waals surface area contributed by atoms with Crippen LogP contribution in [-0.2, 0) is 23.7 Å². The molecule has 280 valence electrons. The summed E-state index contributed by atoms with van der Waals surface area (Å²) < 4.78 is 26.9. The van der Waals surface area contributed by atoms with Gasteiger partial charge in [-0.2, -0.15) is 0 Å². The first-order chi connectivity index (χ1) is 25.5. The second-order valence-electron chi connectivity index (χ2n) is 11.1. The number of anilines is 2. The zero-order valence-electron chi connectivity index (χ0n) is 29.3. The van der Waals surface area contributed by atoms with E-state index >= 15 is 0 Å². The number of phenolic OH excluding ortho intramolecular Hbond substituents is 1. The summed E-state index contributed by atoms with van der Waals surface area (Å²) in [5, 5.41) is 28.1. The number of aromatic hydroxyl groups is 1. The van der Waals surface area contributed by atoms with E-state index in [1.165, 1.54) is 0 Å². The van der Waals surface area contributed by atoms with Gasteiger partial charge in [0, 0.05) is 42.7 Å². The van der Waals surface area contributed by atoms with Crippen LogP contribution < -0.4 is 31.9 Å². The lowest BCUT2D eigenvalue weighted by atomic mass is 10.2. The van der Waals surface area contributed by atoms with Crippen LogP contribution in [-0.4, -0.2) is 121 Å². The largest absolute Gasteiger partial charge is 0.508 e. The topological polar surface area (TPSA) is 197 Å². The van der Waals surface area contributed by atoms with Crippen LogP contribution >= 0.6 is 0 Å². The summed E-state index contributed by atoms with van der Waals surface area (Å²) in [6.07, 6.45) is -0.605. The first kappa shape index (κ1) is 39.5. The van der Waals surface area contributed by atoms with Crippen molar-refractivity contribution in [3.05, 3.63) is 90.0 Å². The molecule has 1 heterocycles. The molecular formula is C36H48N8O8. The lowest BCUT2D eigenvalue weighted by Gasteiger charge is -2.27. The highest BCUT2D eigenvalue weighted by atomic mass is 16.5. The monoisotopic (exact) mass is 720 g/mol. The van der Waals surface area contributed by atoms with Gasteiger partial charge in [-0.05, 0) is 60.7 Å². The van der Waals surface area contributed by atoms with Crippen molar-refractivity contribution in [3.8, 4) is 5.75 Å². The summed E-state index contributed by atoms with van der Waals surface area (Å²) in [4.78, 5) is 33.9. The number of benzene rings is 3. The normalized spacial score (nSPS) is 14.5. The minimum Gasteiger partial charge on any atom is -0.508 e. The molecule has 7 N–H and O–H groups in total. The molecule has 1 unspecified atom stereocenters. The van der Waals surface area contributed by atoms with Crippen LogP contribution in [0.1, 0.15) is 20.7 Å². The predicted molar refractivity (Wildman–Crippen MR) is 198 cm³/mol.